The molecule has 0 saturated heterocycles. The van der Waals surface area contributed by atoms with E-state index >= 15 is 0 Å². The standard InChI is InChI=1S/C31H34N4O6/c32-29(35-31(39)41-22-24-11-5-2-6-12-24)25-14-16-26(17-15-25)30(38)34-19-8-7-13-27(36)33-20-18-28(37)40-21-23-9-3-1-4-10-23/h1-6,9-12,14-17H,7-8,13,18-22H2,(H,33,36)(H,34,38)(H2,32,35,39). The van der Waals surface area contributed by atoms with Crippen LogP contribution in [0.3, 0.4) is 0 Å². The smallest absolute Gasteiger partial charge is 0.435 e. The molecule has 10 nitrogen and oxygen atoms in total. The molecular weight excluding hydrogens is 524 g/mol. The van der Waals surface area contributed by atoms with Crippen molar-refractivity contribution in [1.29, 1.82) is 0 Å². The van der Waals surface area contributed by atoms with Gasteiger partial charge in [0.1, 0.15) is 19.0 Å². The summed E-state index contributed by atoms with van der Waals surface area (Å²) in [5.41, 5.74) is 8.54. The maximum atomic E-state index is 12.4. The number of nitrogens with zero attached hydrogens (tertiary/aromatic N) is 1. The van der Waals surface area contributed by atoms with Crippen LogP contribution >= 0.6 is 0 Å². The van der Waals surface area contributed by atoms with E-state index in [0.29, 0.717) is 30.5 Å². The van der Waals surface area contributed by atoms with E-state index in [1.807, 2.05) is 60.7 Å². The molecule has 0 aliphatic heterocycles. The van der Waals surface area contributed by atoms with Gasteiger partial charge >= 0.3 is 12.1 Å². The summed E-state index contributed by atoms with van der Waals surface area (Å²) in [7, 11) is 0. The van der Waals surface area contributed by atoms with Gasteiger partial charge in [0, 0.05) is 30.6 Å². The van der Waals surface area contributed by atoms with Crippen LogP contribution in [0.2, 0.25) is 0 Å². The van der Waals surface area contributed by atoms with Crippen molar-refractivity contribution in [2.24, 2.45) is 10.7 Å². The second-order valence-corrected chi connectivity index (χ2v) is 9.07. The minimum absolute atomic E-state index is 0.0163. The largest absolute Gasteiger partial charge is 0.461 e. The molecule has 3 aromatic carbocycles. The Morgan fingerprint density at radius 3 is 1.88 bits per heavy atom. The van der Waals surface area contributed by atoms with E-state index in [-0.39, 0.29) is 56.2 Å². The van der Waals surface area contributed by atoms with Gasteiger partial charge in [0.15, 0.2) is 0 Å². The van der Waals surface area contributed by atoms with Gasteiger partial charge in [-0.2, -0.15) is 4.99 Å². The van der Waals surface area contributed by atoms with Crippen LogP contribution in [0.1, 0.15) is 52.7 Å². The number of carbonyl (C=O) groups is 4. The van der Waals surface area contributed by atoms with E-state index in [1.54, 1.807) is 24.3 Å². The highest BCUT2D eigenvalue weighted by Gasteiger charge is 2.09. The number of ether oxygens (including phenoxy) is 2. The minimum atomic E-state index is -0.803. The number of nitrogens with two attached hydrogens (primary N) is 1. The van der Waals surface area contributed by atoms with Crippen LogP contribution in [0.4, 0.5) is 4.79 Å². The fourth-order valence-corrected chi connectivity index (χ4v) is 3.62. The lowest BCUT2D eigenvalue weighted by molar-refractivity contribution is -0.144. The highest BCUT2D eigenvalue weighted by Crippen LogP contribution is 2.07. The Morgan fingerprint density at radius 1 is 0.659 bits per heavy atom. The van der Waals surface area contributed by atoms with Gasteiger partial charge in [0.25, 0.3) is 5.91 Å². The predicted octanol–water partition coefficient (Wildman–Crippen LogP) is 3.88. The summed E-state index contributed by atoms with van der Waals surface area (Å²) in [6.07, 6.45) is 0.778. The number of hydrogen-bond donors (Lipinski definition) is 3. The Labute approximate surface area is 238 Å². The number of benzene rings is 3. The molecule has 0 aromatic heterocycles. The van der Waals surface area contributed by atoms with Crippen LogP contribution in [0, 0.1) is 0 Å². The normalized spacial score (nSPS) is 10.9. The lowest BCUT2D eigenvalue weighted by atomic mass is 10.1. The van der Waals surface area contributed by atoms with Crippen molar-refractivity contribution in [2.75, 3.05) is 13.1 Å². The van der Waals surface area contributed by atoms with Crippen LogP contribution in [0.25, 0.3) is 0 Å². The quantitative estimate of drug-likeness (QED) is 0.118. The lowest BCUT2D eigenvalue weighted by Crippen LogP contribution is -2.27. The first-order valence-corrected chi connectivity index (χ1v) is 13.3. The molecule has 0 unspecified atom stereocenters. The zero-order valence-electron chi connectivity index (χ0n) is 22.7. The first-order chi connectivity index (χ1) is 19.9. The number of hydrogen-bond acceptors (Lipinski definition) is 6. The zero-order valence-corrected chi connectivity index (χ0v) is 22.7. The average molecular weight is 559 g/mol. The van der Waals surface area contributed by atoms with Gasteiger partial charge in [0.05, 0.1) is 6.42 Å². The van der Waals surface area contributed by atoms with E-state index in [1.165, 1.54) is 0 Å². The van der Waals surface area contributed by atoms with E-state index in [2.05, 4.69) is 15.6 Å². The Morgan fingerprint density at radius 2 is 1.24 bits per heavy atom. The number of rotatable bonds is 14. The summed E-state index contributed by atoms with van der Waals surface area (Å²) in [5, 5.41) is 5.51. The van der Waals surface area contributed by atoms with Crippen LogP contribution in [-0.2, 0) is 32.3 Å². The topological polar surface area (TPSA) is 149 Å². The Hall–Kier alpha value is -4.99. The molecule has 10 heteroatoms. The molecule has 0 atom stereocenters. The first kappa shape index (κ1) is 30.6. The third kappa shape index (κ3) is 11.7. The minimum Gasteiger partial charge on any atom is -0.461 e. The maximum absolute atomic E-state index is 12.4. The molecule has 3 rings (SSSR count). The third-order valence-electron chi connectivity index (χ3n) is 5.87. The Kier molecular flexibility index (Phi) is 12.6. The van der Waals surface area contributed by atoms with Crippen LogP contribution in [0.5, 0.6) is 0 Å². The third-order valence-corrected chi connectivity index (χ3v) is 5.87. The van der Waals surface area contributed by atoms with Gasteiger partial charge in [0.2, 0.25) is 5.91 Å². The van der Waals surface area contributed by atoms with Gasteiger partial charge in [-0.1, -0.05) is 72.8 Å². The molecule has 0 spiro atoms. The van der Waals surface area contributed by atoms with Gasteiger partial charge in [-0.3, -0.25) is 14.4 Å². The monoisotopic (exact) mass is 558 g/mol. The lowest BCUT2D eigenvalue weighted by Gasteiger charge is -2.08. The Balaban J connectivity index is 1.26. The van der Waals surface area contributed by atoms with E-state index in [4.69, 9.17) is 15.2 Å². The van der Waals surface area contributed by atoms with Crippen molar-refractivity contribution in [3.05, 3.63) is 107 Å². The van der Waals surface area contributed by atoms with E-state index < -0.39 is 6.09 Å². The summed E-state index contributed by atoms with van der Waals surface area (Å²) in [6.45, 7) is 0.907. The van der Waals surface area contributed by atoms with Crippen LogP contribution in [-0.4, -0.2) is 42.8 Å². The number of unbranched alkanes of at least 4 members (excludes halogenated alkanes) is 1. The summed E-state index contributed by atoms with van der Waals surface area (Å²) in [4.78, 5) is 51.9. The van der Waals surface area contributed by atoms with Crippen molar-refractivity contribution >= 4 is 29.7 Å². The van der Waals surface area contributed by atoms with Crippen molar-refractivity contribution in [3.63, 3.8) is 0 Å². The molecular formula is C31H34N4O6. The molecule has 3 aromatic rings. The van der Waals surface area contributed by atoms with E-state index in [0.717, 1.165) is 11.1 Å². The number of aliphatic imine (C=N–C) groups is 1. The molecule has 4 N–H and O–H groups in total. The molecule has 214 valence electrons. The summed E-state index contributed by atoms with van der Waals surface area (Å²) in [6, 6.07) is 25.0. The SMILES string of the molecule is NC(=NC(=O)OCc1ccccc1)c1ccc(C(=O)NCCCCC(=O)NCCC(=O)OCc2ccccc2)cc1. The molecule has 0 bridgehead atoms. The molecule has 0 aliphatic rings. The van der Waals surface area contributed by atoms with E-state index in [9.17, 15) is 19.2 Å². The first-order valence-electron chi connectivity index (χ1n) is 13.3. The zero-order chi connectivity index (χ0) is 29.3. The molecule has 0 aliphatic carbocycles. The van der Waals surface area contributed by atoms with Gasteiger partial charge in [-0.15, -0.1) is 0 Å². The molecule has 0 saturated carbocycles. The molecule has 0 heterocycles. The number of esters is 1. The molecule has 3 amide bonds. The highest BCUT2D eigenvalue weighted by atomic mass is 16.5. The van der Waals surface area contributed by atoms with Crippen LogP contribution in [0.15, 0.2) is 89.9 Å². The maximum Gasteiger partial charge on any atom is 0.435 e. The van der Waals surface area contributed by atoms with Gasteiger partial charge < -0.3 is 25.8 Å². The number of amidine groups is 1. The predicted molar refractivity (Wildman–Crippen MR) is 154 cm³/mol. The Bertz CT molecular complexity index is 1310. The fraction of sp³-hybridized carbons (Fsp3) is 0.258. The van der Waals surface area contributed by atoms with Gasteiger partial charge in [-0.25, -0.2) is 4.79 Å². The average Bonchev–Trinajstić information content (AvgIpc) is 3.00. The summed E-state index contributed by atoms with van der Waals surface area (Å²) < 4.78 is 10.3. The van der Waals surface area contributed by atoms with Crippen molar-refractivity contribution < 1.29 is 28.7 Å². The summed E-state index contributed by atoms with van der Waals surface area (Å²) in [5.74, 6) is -0.822. The molecule has 41 heavy (non-hydrogen) atoms. The number of nitrogens with one attached hydrogen (secondary N) is 2. The van der Waals surface area contributed by atoms with Crippen molar-refractivity contribution in [2.45, 2.75) is 38.9 Å². The fourth-order valence-electron chi connectivity index (χ4n) is 3.62. The van der Waals surface area contributed by atoms with Gasteiger partial charge in [-0.05, 0) is 36.1 Å². The van der Waals surface area contributed by atoms with Crippen molar-refractivity contribution in [3.8, 4) is 0 Å². The number of amides is 3. The molecule has 0 radical (unpaired) electrons. The second-order valence-electron chi connectivity index (χ2n) is 9.07. The number of carbonyl (C=O) groups excluding carboxylic acids is 4. The highest BCUT2D eigenvalue weighted by molar-refractivity contribution is 6.03. The summed E-state index contributed by atoms with van der Waals surface area (Å²) >= 11 is 0. The second kappa shape index (κ2) is 16.9. The van der Waals surface area contributed by atoms with Crippen LogP contribution < -0.4 is 16.4 Å². The van der Waals surface area contributed by atoms with Crippen molar-refractivity contribution in [1.82, 2.24) is 10.6 Å². The molecule has 0 fully saturated rings.